The fourth-order valence-electron chi connectivity index (χ4n) is 3.90. The van der Waals surface area contributed by atoms with Crippen molar-refractivity contribution in [1.29, 1.82) is 5.26 Å². The smallest absolute Gasteiger partial charge is 0.286 e. The summed E-state index contributed by atoms with van der Waals surface area (Å²) in [7, 11) is -3.38. The van der Waals surface area contributed by atoms with Crippen molar-refractivity contribution in [2.75, 3.05) is 24.2 Å². The quantitative estimate of drug-likeness (QED) is 0.680. The number of nitrogens with one attached hydrogen (secondary N) is 1. The van der Waals surface area contributed by atoms with Crippen molar-refractivity contribution in [2.24, 2.45) is 15.1 Å². The zero-order chi connectivity index (χ0) is 24.9. The highest BCUT2D eigenvalue weighted by molar-refractivity contribution is 7.92. The number of nitrogens with two attached hydrogens (primary N) is 1. The third kappa shape index (κ3) is 4.16. The molecule has 0 bridgehead atoms. The van der Waals surface area contributed by atoms with Crippen LogP contribution >= 0.6 is 0 Å². The van der Waals surface area contributed by atoms with Gasteiger partial charge >= 0.3 is 0 Å². The second-order valence-electron chi connectivity index (χ2n) is 8.32. The molecule has 3 heterocycles. The van der Waals surface area contributed by atoms with Gasteiger partial charge in [-0.1, -0.05) is 0 Å². The Bertz CT molecular complexity index is 1400. The molecule has 2 atom stereocenters. The van der Waals surface area contributed by atoms with Gasteiger partial charge in [0.1, 0.15) is 46.1 Å². The monoisotopic (exact) mass is 491 g/mol. The van der Waals surface area contributed by atoms with E-state index in [4.69, 9.17) is 11.0 Å². The summed E-state index contributed by atoms with van der Waals surface area (Å²) >= 11 is 0. The Morgan fingerprint density at radius 2 is 2.09 bits per heavy atom. The van der Waals surface area contributed by atoms with Crippen molar-refractivity contribution in [3.63, 3.8) is 0 Å². The number of aliphatic imine (C=N–C) groups is 1. The van der Waals surface area contributed by atoms with Gasteiger partial charge in [0.05, 0.1) is 11.3 Å². The molecule has 9 nitrogen and oxygen atoms in total. The summed E-state index contributed by atoms with van der Waals surface area (Å²) in [5, 5.41) is 11.6. The predicted molar refractivity (Wildman–Crippen MR) is 119 cm³/mol. The Labute approximate surface area is 193 Å². The number of benzene rings is 1. The molecule has 0 spiro atoms. The molecular weight excluding hydrogens is 471 g/mol. The zero-order valence-electron chi connectivity index (χ0n) is 18.2. The number of nitrogens with zero attached hydrogens (tertiary/aromatic N) is 5. The normalized spacial score (nSPS) is 25.4. The number of rotatable bonds is 3. The summed E-state index contributed by atoms with van der Waals surface area (Å²) in [6.45, 7) is 1.28. The number of guanidine groups is 1. The molecule has 2 aromatic rings. The fourth-order valence-corrected chi connectivity index (χ4v) is 6.35. The number of pyridine rings is 1. The van der Waals surface area contributed by atoms with Gasteiger partial charge in [-0.3, -0.25) is 4.79 Å². The summed E-state index contributed by atoms with van der Waals surface area (Å²) in [6, 6.07) is 7.19. The van der Waals surface area contributed by atoms with E-state index < -0.39 is 52.1 Å². The van der Waals surface area contributed by atoms with Crippen molar-refractivity contribution >= 4 is 27.5 Å². The van der Waals surface area contributed by atoms with Crippen molar-refractivity contribution in [3.05, 3.63) is 58.7 Å². The van der Waals surface area contributed by atoms with Crippen molar-refractivity contribution in [1.82, 2.24) is 9.29 Å². The first-order valence-electron chi connectivity index (χ1n) is 10.1. The van der Waals surface area contributed by atoms with E-state index >= 15 is 0 Å². The molecule has 34 heavy (non-hydrogen) atoms. The molecule has 4 rings (SSSR count). The maximum atomic E-state index is 14.9. The molecule has 2 aliphatic rings. The van der Waals surface area contributed by atoms with Crippen LogP contribution in [0.3, 0.4) is 0 Å². The Balaban J connectivity index is 1.68. The lowest BCUT2D eigenvalue weighted by molar-refractivity contribution is -0.000394. The summed E-state index contributed by atoms with van der Waals surface area (Å²) in [5.41, 5.74) is 5.41. The number of halogens is 3. The molecular formula is C21H20F3N7O2S. The largest absolute Gasteiger partial charge is 0.369 e. The van der Waals surface area contributed by atoms with Gasteiger partial charge in [0, 0.05) is 17.4 Å². The van der Waals surface area contributed by atoms with Crippen LogP contribution in [0.2, 0.25) is 0 Å². The van der Waals surface area contributed by atoms with Gasteiger partial charge in [0.25, 0.3) is 11.8 Å². The van der Waals surface area contributed by atoms with E-state index in [1.165, 1.54) is 31.3 Å². The first-order valence-corrected chi connectivity index (χ1v) is 11.7. The van der Waals surface area contributed by atoms with Gasteiger partial charge < -0.3 is 11.1 Å². The first-order chi connectivity index (χ1) is 15.9. The highest BCUT2D eigenvalue weighted by atomic mass is 32.2. The fraction of sp³-hybridized carbons (Fsp3) is 0.333. The van der Waals surface area contributed by atoms with Crippen molar-refractivity contribution < 1.29 is 22.2 Å². The van der Waals surface area contributed by atoms with Crippen LogP contribution in [0.1, 0.15) is 34.1 Å². The molecule has 1 aromatic carbocycles. The molecule has 3 N–H and O–H groups in total. The number of nitriles is 1. The molecule has 0 saturated heterocycles. The molecule has 1 amide bonds. The number of aromatic nitrogens is 1. The van der Waals surface area contributed by atoms with E-state index in [1.807, 2.05) is 6.07 Å². The lowest BCUT2D eigenvalue weighted by Gasteiger charge is -2.42. The second kappa shape index (κ2) is 7.98. The number of carbonyl (C=O) groups excluding carboxylic acids is 1. The third-order valence-corrected chi connectivity index (χ3v) is 8.01. The number of carbonyl (C=O) groups is 1. The Hall–Kier alpha value is -3.66. The second-order valence-corrected chi connectivity index (χ2v) is 10.5. The standard InChI is InChI=1S/C21H20F3N7O2S/c1-12-5-13(7-25)8-27-17(12)18(32)29-14-3-4-16(22)15(6-14)20(2)11-34(33)28-9-21(23,24)10-31(34)19(26)30-20/h3-6,8H,9-11H2,1-2H3,(H2,26,30)(H,29,32)/t20-,34?/m0/s1. The Kier molecular flexibility index (Phi) is 5.52. The minimum atomic E-state index is -3.38. The van der Waals surface area contributed by atoms with Crippen LogP contribution in [-0.4, -0.2) is 50.1 Å². The van der Waals surface area contributed by atoms with E-state index in [-0.39, 0.29) is 22.7 Å². The summed E-state index contributed by atoms with van der Waals surface area (Å²) in [5.74, 6) is -5.28. The van der Waals surface area contributed by atoms with Crippen LogP contribution in [0.15, 0.2) is 39.8 Å². The van der Waals surface area contributed by atoms with Crippen LogP contribution < -0.4 is 11.1 Å². The van der Waals surface area contributed by atoms with E-state index in [0.29, 0.717) is 11.1 Å². The number of alkyl halides is 2. The average molecular weight is 491 g/mol. The number of aryl methyl sites for hydroxylation is 1. The number of amides is 1. The first kappa shape index (κ1) is 23.5. The highest BCUT2D eigenvalue weighted by Gasteiger charge is 2.48. The molecule has 0 radical (unpaired) electrons. The van der Waals surface area contributed by atoms with Crippen LogP contribution in [0.25, 0.3) is 0 Å². The van der Waals surface area contributed by atoms with Crippen molar-refractivity contribution in [2.45, 2.75) is 25.3 Å². The molecule has 0 fully saturated rings. The van der Waals surface area contributed by atoms with Crippen molar-refractivity contribution in [3.8, 4) is 6.07 Å². The molecule has 1 aromatic heterocycles. The van der Waals surface area contributed by atoms with E-state index in [1.54, 1.807) is 6.92 Å². The van der Waals surface area contributed by atoms with Gasteiger partial charge in [-0.05, 0) is 43.7 Å². The lowest BCUT2D eigenvalue weighted by atomic mass is 9.93. The molecule has 13 heteroatoms. The molecule has 1 unspecified atom stereocenters. The number of hydrogen-bond acceptors (Lipinski definition) is 7. The summed E-state index contributed by atoms with van der Waals surface area (Å²) in [4.78, 5) is 20.9. The SMILES string of the molecule is Cc1cc(C#N)cnc1C(=O)Nc1ccc(F)c([C@]2(C)CS3(=O)=NCC(F)(F)CN3C(N)=N2)c1. The summed E-state index contributed by atoms with van der Waals surface area (Å²) in [6.07, 6.45) is 1.26. The Morgan fingerprint density at radius 3 is 2.76 bits per heavy atom. The number of hydrogen-bond donors (Lipinski definition) is 2. The van der Waals surface area contributed by atoms with E-state index in [9.17, 15) is 22.2 Å². The van der Waals surface area contributed by atoms with Gasteiger partial charge in [-0.25, -0.2) is 36.0 Å². The molecule has 0 aliphatic carbocycles. The third-order valence-electron chi connectivity index (χ3n) is 5.53. The summed E-state index contributed by atoms with van der Waals surface area (Å²) < 4.78 is 60.3. The number of fused-ring (bicyclic) bond motifs is 1. The van der Waals surface area contributed by atoms with E-state index in [0.717, 1.165) is 10.4 Å². The number of anilines is 1. The van der Waals surface area contributed by atoms with Gasteiger partial charge in [-0.2, -0.15) is 5.26 Å². The predicted octanol–water partition coefficient (Wildman–Crippen LogP) is 2.53. The van der Waals surface area contributed by atoms with Gasteiger partial charge in [-0.15, -0.1) is 0 Å². The van der Waals surface area contributed by atoms with Crippen LogP contribution in [-0.2, 0) is 15.5 Å². The van der Waals surface area contributed by atoms with Crippen LogP contribution in [0.5, 0.6) is 0 Å². The lowest BCUT2D eigenvalue weighted by Crippen LogP contribution is -2.58. The highest BCUT2D eigenvalue weighted by Crippen LogP contribution is 2.38. The maximum Gasteiger partial charge on any atom is 0.286 e. The molecule has 178 valence electrons. The van der Waals surface area contributed by atoms with Gasteiger partial charge in [0.15, 0.2) is 0 Å². The van der Waals surface area contributed by atoms with Gasteiger partial charge in [0.2, 0.25) is 5.96 Å². The molecule has 2 aliphatic heterocycles. The Morgan fingerprint density at radius 1 is 1.35 bits per heavy atom. The molecule has 0 saturated carbocycles. The van der Waals surface area contributed by atoms with Crippen LogP contribution in [0.4, 0.5) is 18.9 Å². The topological polar surface area (TPSA) is 137 Å². The van der Waals surface area contributed by atoms with E-state index in [2.05, 4.69) is 19.7 Å². The minimum absolute atomic E-state index is 0.0346. The maximum absolute atomic E-state index is 14.9. The van der Waals surface area contributed by atoms with Crippen LogP contribution in [0, 0.1) is 24.1 Å². The zero-order valence-corrected chi connectivity index (χ0v) is 19.0. The minimum Gasteiger partial charge on any atom is -0.369 e. The average Bonchev–Trinajstić information content (AvgIpc) is 2.75.